The van der Waals surface area contributed by atoms with Gasteiger partial charge >= 0.3 is 0 Å². The van der Waals surface area contributed by atoms with Crippen LogP contribution in [0.15, 0.2) is 71.9 Å². The lowest BCUT2D eigenvalue weighted by Gasteiger charge is -2.23. The average Bonchev–Trinajstić information content (AvgIpc) is 2.35. The molecule has 0 spiro atoms. The summed E-state index contributed by atoms with van der Waals surface area (Å²) in [7, 11) is 4.02. The molecule has 0 bridgehead atoms. The molecule has 0 fully saturated rings. The molecule has 1 aromatic carbocycles. The minimum absolute atomic E-state index is 0.832. The van der Waals surface area contributed by atoms with E-state index in [1.165, 1.54) is 0 Å². The molecule has 0 amide bonds. The van der Waals surface area contributed by atoms with Crippen LogP contribution in [0.5, 0.6) is 0 Å². The molecule has 1 aliphatic heterocycles. The van der Waals surface area contributed by atoms with Gasteiger partial charge in [0.05, 0.1) is 5.70 Å². The topological polar surface area (TPSA) is 12.5 Å². The van der Waals surface area contributed by atoms with Crippen LogP contribution in [0.3, 0.4) is 0 Å². The Kier molecular flexibility index (Phi) is 3.91. The lowest BCUT2D eigenvalue weighted by Crippen LogP contribution is -2.15. The lowest BCUT2D eigenvalue weighted by atomic mass is 10.1. The van der Waals surface area contributed by atoms with Gasteiger partial charge < -0.3 is 9.64 Å². The van der Waals surface area contributed by atoms with E-state index in [0.717, 1.165) is 28.4 Å². The predicted molar refractivity (Wildman–Crippen MR) is 80.2 cm³/mol. The SMILES string of the molecule is C=C1C=C(C)OC(C(=Cc2ccccc2)N(C)C)=C1. The van der Waals surface area contributed by atoms with Crippen LogP contribution in [-0.2, 0) is 4.74 Å². The summed E-state index contributed by atoms with van der Waals surface area (Å²) in [6.45, 7) is 5.92. The van der Waals surface area contributed by atoms with Gasteiger partial charge in [-0.3, -0.25) is 0 Å². The predicted octanol–water partition coefficient (Wildman–Crippen LogP) is 3.96. The first kappa shape index (κ1) is 13.2. The fraction of sp³-hybridized carbons (Fsp3) is 0.176. The van der Waals surface area contributed by atoms with E-state index in [9.17, 15) is 0 Å². The molecule has 0 saturated carbocycles. The van der Waals surface area contributed by atoms with E-state index >= 15 is 0 Å². The molecule has 0 aromatic heterocycles. The molecule has 1 heterocycles. The molecular weight excluding hydrogens is 234 g/mol. The van der Waals surface area contributed by atoms with Crippen molar-refractivity contribution >= 4 is 6.08 Å². The summed E-state index contributed by atoms with van der Waals surface area (Å²) in [5.74, 6) is 1.70. The zero-order chi connectivity index (χ0) is 13.8. The van der Waals surface area contributed by atoms with E-state index in [4.69, 9.17) is 4.74 Å². The minimum Gasteiger partial charge on any atom is -0.460 e. The van der Waals surface area contributed by atoms with Gasteiger partial charge in [-0.1, -0.05) is 36.9 Å². The van der Waals surface area contributed by atoms with Gasteiger partial charge in [0.1, 0.15) is 5.76 Å². The third-order valence-corrected chi connectivity index (χ3v) is 2.81. The molecule has 1 aliphatic rings. The largest absolute Gasteiger partial charge is 0.460 e. The molecule has 19 heavy (non-hydrogen) atoms. The van der Waals surface area contributed by atoms with Gasteiger partial charge in [-0.25, -0.2) is 0 Å². The third kappa shape index (κ3) is 3.38. The van der Waals surface area contributed by atoms with E-state index in [2.05, 4.69) is 24.8 Å². The third-order valence-electron chi connectivity index (χ3n) is 2.81. The highest BCUT2D eigenvalue weighted by Gasteiger charge is 2.14. The number of rotatable bonds is 3. The minimum atomic E-state index is 0.832. The van der Waals surface area contributed by atoms with Crippen molar-refractivity contribution in [2.45, 2.75) is 6.92 Å². The van der Waals surface area contributed by atoms with E-state index in [1.807, 2.05) is 56.3 Å². The highest BCUT2D eigenvalue weighted by atomic mass is 16.5. The number of likely N-dealkylation sites (N-methyl/N-ethyl adjacent to an activating group) is 1. The second kappa shape index (κ2) is 5.61. The van der Waals surface area contributed by atoms with Crippen LogP contribution in [0.25, 0.3) is 6.08 Å². The Morgan fingerprint density at radius 3 is 2.42 bits per heavy atom. The van der Waals surface area contributed by atoms with Gasteiger partial charge in [-0.15, -0.1) is 0 Å². The van der Waals surface area contributed by atoms with Crippen molar-refractivity contribution in [3.05, 3.63) is 77.4 Å². The molecule has 0 unspecified atom stereocenters. The molecule has 1 aromatic rings. The molecule has 2 nitrogen and oxygen atoms in total. The van der Waals surface area contributed by atoms with Crippen molar-refractivity contribution in [2.75, 3.05) is 14.1 Å². The summed E-state index contributed by atoms with van der Waals surface area (Å²) in [6, 6.07) is 10.2. The highest BCUT2D eigenvalue weighted by molar-refractivity contribution is 5.58. The molecule has 0 radical (unpaired) electrons. The summed E-state index contributed by atoms with van der Waals surface area (Å²) < 4.78 is 5.80. The Labute approximate surface area is 115 Å². The fourth-order valence-corrected chi connectivity index (χ4v) is 1.96. The van der Waals surface area contributed by atoms with Crippen molar-refractivity contribution in [1.82, 2.24) is 4.90 Å². The van der Waals surface area contributed by atoms with Crippen LogP contribution in [0.2, 0.25) is 0 Å². The molecule has 0 N–H and O–H groups in total. The zero-order valence-corrected chi connectivity index (χ0v) is 11.7. The summed E-state index contributed by atoms with van der Waals surface area (Å²) >= 11 is 0. The number of hydrogen-bond donors (Lipinski definition) is 0. The van der Waals surface area contributed by atoms with E-state index in [-0.39, 0.29) is 0 Å². The van der Waals surface area contributed by atoms with Crippen molar-refractivity contribution in [2.24, 2.45) is 0 Å². The second-order valence-electron chi connectivity index (χ2n) is 4.78. The van der Waals surface area contributed by atoms with Crippen LogP contribution in [0, 0.1) is 0 Å². The van der Waals surface area contributed by atoms with E-state index in [1.54, 1.807) is 0 Å². The van der Waals surface area contributed by atoms with Crippen LogP contribution < -0.4 is 0 Å². The van der Waals surface area contributed by atoms with Crippen LogP contribution in [0.4, 0.5) is 0 Å². The van der Waals surface area contributed by atoms with Gasteiger partial charge in [-0.05, 0) is 36.3 Å². The normalized spacial score (nSPS) is 15.5. The van der Waals surface area contributed by atoms with Crippen LogP contribution in [-0.4, -0.2) is 19.0 Å². The van der Waals surface area contributed by atoms with E-state index in [0.29, 0.717) is 0 Å². The van der Waals surface area contributed by atoms with Gasteiger partial charge in [0.2, 0.25) is 0 Å². The van der Waals surface area contributed by atoms with Crippen molar-refractivity contribution in [3.8, 4) is 0 Å². The van der Waals surface area contributed by atoms with Crippen molar-refractivity contribution < 1.29 is 4.74 Å². The maximum Gasteiger partial charge on any atom is 0.150 e. The zero-order valence-electron chi connectivity index (χ0n) is 11.7. The van der Waals surface area contributed by atoms with Crippen molar-refractivity contribution in [3.63, 3.8) is 0 Å². The fourth-order valence-electron chi connectivity index (χ4n) is 1.96. The molecule has 0 aliphatic carbocycles. The molecule has 2 rings (SSSR count). The maximum atomic E-state index is 5.80. The van der Waals surface area contributed by atoms with Gasteiger partial charge in [0.15, 0.2) is 5.76 Å². The molecular formula is C17H19NO. The first-order chi connectivity index (χ1) is 9.06. The van der Waals surface area contributed by atoms with Gasteiger partial charge in [-0.2, -0.15) is 0 Å². The Morgan fingerprint density at radius 2 is 1.84 bits per heavy atom. The molecule has 0 saturated heterocycles. The quantitative estimate of drug-likeness (QED) is 0.808. The summed E-state index contributed by atoms with van der Waals surface area (Å²) in [6.07, 6.45) is 6.00. The van der Waals surface area contributed by atoms with Crippen molar-refractivity contribution in [1.29, 1.82) is 0 Å². The Hall–Kier alpha value is -2.22. The van der Waals surface area contributed by atoms with E-state index < -0.39 is 0 Å². The van der Waals surface area contributed by atoms with Gasteiger partial charge in [0, 0.05) is 14.1 Å². The maximum absolute atomic E-state index is 5.80. The standard InChI is InChI=1S/C17H19NO/c1-13-10-14(2)19-17(11-13)16(18(3)4)12-15-8-6-5-7-9-15/h5-12H,1H2,2-4H3. The monoisotopic (exact) mass is 253 g/mol. The molecule has 98 valence electrons. The first-order valence-corrected chi connectivity index (χ1v) is 6.27. The average molecular weight is 253 g/mol. The second-order valence-corrected chi connectivity index (χ2v) is 4.78. The number of benzene rings is 1. The first-order valence-electron chi connectivity index (χ1n) is 6.27. The smallest absolute Gasteiger partial charge is 0.150 e. The van der Waals surface area contributed by atoms with Crippen LogP contribution >= 0.6 is 0 Å². The summed E-state index contributed by atoms with van der Waals surface area (Å²) in [5, 5.41) is 0. The number of ether oxygens (including phenoxy) is 1. The Balaban J connectivity index is 2.37. The Morgan fingerprint density at radius 1 is 1.16 bits per heavy atom. The van der Waals surface area contributed by atoms with Gasteiger partial charge in [0.25, 0.3) is 0 Å². The summed E-state index contributed by atoms with van der Waals surface area (Å²) in [5.41, 5.74) is 3.13. The Bertz CT molecular complexity index is 562. The number of hydrogen-bond acceptors (Lipinski definition) is 2. The van der Waals surface area contributed by atoms with Crippen LogP contribution in [0.1, 0.15) is 12.5 Å². The number of allylic oxidation sites excluding steroid dienone is 4. The molecule has 0 atom stereocenters. The molecule has 2 heteroatoms. The highest BCUT2D eigenvalue weighted by Crippen LogP contribution is 2.26. The lowest BCUT2D eigenvalue weighted by molar-refractivity contribution is 0.290. The summed E-state index contributed by atoms with van der Waals surface area (Å²) in [4.78, 5) is 2.05. The number of nitrogens with zero attached hydrogens (tertiary/aromatic N) is 1.